The summed E-state index contributed by atoms with van der Waals surface area (Å²) in [4.78, 5) is 14.2. The Morgan fingerprint density at radius 3 is 2.46 bits per heavy atom. The Kier molecular flexibility index (Phi) is 4.66. The Morgan fingerprint density at radius 1 is 1.17 bits per heavy atom. The smallest absolute Gasteiger partial charge is 0.276 e. The zero-order valence-corrected chi connectivity index (χ0v) is 14.6. The van der Waals surface area contributed by atoms with Gasteiger partial charge in [0.15, 0.2) is 5.69 Å². The maximum Gasteiger partial charge on any atom is 0.276 e. The van der Waals surface area contributed by atoms with Crippen molar-refractivity contribution in [2.75, 3.05) is 26.2 Å². The van der Waals surface area contributed by atoms with E-state index in [1.54, 1.807) is 10.9 Å². The quantitative estimate of drug-likeness (QED) is 0.931. The summed E-state index contributed by atoms with van der Waals surface area (Å²) >= 11 is 0. The van der Waals surface area contributed by atoms with Crippen LogP contribution in [0, 0.1) is 0 Å². The fourth-order valence-corrected chi connectivity index (χ4v) is 2.80. The molecule has 0 atom stereocenters. The summed E-state index contributed by atoms with van der Waals surface area (Å²) in [7, 11) is 0. The van der Waals surface area contributed by atoms with E-state index in [1.807, 2.05) is 4.90 Å². The van der Waals surface area contributed by atoms with Gasteiger partial charge in [0.2, 0.25) is 0 Å². The first kappa shape index (κ1) is 16.6. The second-order valence-electron chi connectivity index (χ2n) is 7.29. The maximum atomic E-state index is 12.4. The van der Waals surface area contributed by atoms with Crippen LogP contribution < -0.4 is 5.32 Å². The number of hydrogen-bond donors (Lipinski definition) is 1. The van der Waals surface area contributed by atoms with Gasteiger partial charge in [-0.2, -0.15) is 0 Å². The topological polar surface area (TPSA) is 63.1 Å². The van der Waals surface area contributed by atoms with Crippen molar-refractivity contribution in [1.82, 2.24) is 25.2 Å². The van der Waals surface area contributed by atoms with E-state index in [2.05, 4.69) is 60.7 Å². The van der Waals surface area contributed by atoms with Gasteiger partial charge in [-0.05, 0) is 16.5 Å². The molecule has 1 aromatic carbocycles. The van der Waals surface area contributed by atoms with Crippen LogP contribution in [0.15, 0.2) is 30.5 Å². The normalized spacial score (nSPS) is 15.5. The van der Waals surface area contributed by atoms with Gasteiger partial charge < -0.3 is 10.2 Å². The van der Waals surface area contributed by atoms with Crippen LogP contribution in [0.5, 0.6) is 0 Å². The Bertz CT molecular complexity index is 693. The van der Waals surface area contributed by atoms with Crippen LogP contribution in [-0.2, 0) is 12.0 Å². The Hall–Kier alpha value is -2.21. The monoisotopic (exact) mass is 327 g/mol. The van der Waals surface area contributed by atoms with Gasteiger partial charge in [-0.25, -0.2) is 4.68 Å². The summed E-state index contributed by atoms with van der Waals surface area (Å²) in [6.07, 6.45) is 1.74. The number of carbonyl (C=O) groups excluding carboxylic acids is 1. The predicted molar refractivity (Wildman–Crippen MR) is 93.0 cm³/mol. The number of hydrogen-bond acceptors (Lipinski definition) is 4. The third-order valence-electron chi connectivity index (χ3n) is 4.33. The number of carbonyl (C=O) groups is 1. The number of amides is 1. The van der Waals surface area contributed by atoms with Crippen molar-refractivity contribution in [2.45, 2.75) is 32.7 Å². The molecular formula is C18H25N5O. The molecule has 1 aliphatic rings. The van der Waals surface area contributed by atoms with Gasteiger partial charge in [-0.15, -0.1) is 5.10 Å². The molecule has 6 nitrogen and oxygen atoms in total. The van der Waals surface area contributed by atoms with Crippen molar-refractivity contribution in [3.05, 3.63) is 47.3 Å². The average molecular weight is 327 g/mol. The van der Waals surface area contributed by atoms with Gasteiger partial charge in [0.1, 0.15) is 0 Å². The van der Waals surface area contributed by atoms with Gasteiger partial charge in [-0.1, -0.05) is 50.3 Å². The molecule has 1 N–H and O–H groups in total. The van der Waals surface area contributed by atoms with Gasteiger partial charge in [0.25, 0.3) is 5.91 Å². The lowest BCUT2D eigenvalue weighted by atomic mass is 9.87. The Labute approximate surface area is 142 Å². The lowest BCUT2D eigenvalue weighted by Crippen LogP contribution is -2.46. The third kappa shape index (κ3) is 3.82. The van der Waals surface area contributed by atoms with E-state index in [1.165, 1.54) is 5.56 Å². The molecule has 0 radical (unpaired) electrons. The zero-order valence-electron chi connectivity index (χ0n) is 14.6. The lowest BCUT2D eigenvalue weighted by Gasteiger charge is -2.26. The molecule has 2 aromatic rings. The van der Waals surface area contributed by atoms with E-state index < -0.39 is 0 Å². The molecule has 1 fully saturated rings. The minimum absolute atomic E-state index is 0.0363. The number of piperazine rings is 1. The molecule has 0 spiro atoms. The molecule has 0 bridgehead atoms. The zero-order chi connectivity index (χ0) is 17.2. The highest BCUT2D eigenvalue weighted by atomic mass is 16.2. The fourth-order valence-electron chi connectivity index (χ4n) is 2.80. The average Bonchev–Trinajstić information content (AvgIpc) is 3.03. The van der Waals surface area contributed by atoms with E-state index in [0.29, 0.717) is 12.2 Å². The summed E-state index contributed by atoms with van der Waals surface area (Å²) in [6, 6.07) is 8.53. The number of nitrogens with zero attached hydrogens (tertiary/aromatic N) is 4. The van der Waals surface area contributed by atoms with Crippen LogP contribution in [0.3, 0.4) is 0 Å². The first-order chi connectivity index (χ1) is 11.4. The third-order valence-corrected chi connectivity index (χ3v) is 4.33. The number of rotatable bonds is 3. The summed E-state index contributed by atoms with van der Waals surface area (Å²) in [5.41, 5.74) is 3.02. The summed E-state index contributed by atoms with van der Waals surface area (Å²) < 4.78 is 1.72. The van der Waals surface area contributed by atoms with Crippen LogP contribution in [0.2, 0.25) is 0 Å². The SMILES string of the molecule is CC(C)(C)c1ccc(Cn2cc(C(=O)N3CCNCC3)nn2)cc1. The maximum absolute atomic E-state index is 12.4. The van der Waals surface area contributed by atoms with Crippen LogP contribution >= 0.6 is 0 Å². The lowest BCUT2D eigenvalue weighted by molar-refractivity contribution is 0.0729. The highest BCUT2D eigenvalue weighted by Gasteiger charge is 2.20. The summed E-state index contributed by atoms with van der Waals surface area (Å²) in [5, 5.41) is 11.4. The fraction of sp³-hybridized carbons (Fsp3) is 0.500. The summed E-state index contributed by atoms with van der Waals surface area (Å²) in [6.45, 7) is 10.3. The molecule has 1 amide bonds. The van der Waals surface area contributed by atoms with Crippen molar-refractivity contribution < 1.29 is 4.79 Å². The molecule has 0 unspecified atom stereocenters. The highest BCUT2D eigenvalue weighted by molar-refractivity contribution is 5.92. The van der Waals surface area contributed by atoms with Gasteiger partial charge >= 0.3 is 0 Å². The second kappa shape index (κ2) is 6.73. The van der Waals surface area contributed by atoms with Gasteiger partial charge in [-0.3, -0.25) is 4.79 Å². The molecule has 1 aliphatic heterocycles. The molecule has 6 heteroatoms. The van der Waals surface area contributed by atoms with Crippen LogP contribution in [0.4, 0.5) is 0 Å². The first-order valence-corrected chi connectivity index (χ1v) is 8.43. The molecule has 1 saturated heterocycles. The minimum atomic E-state index is -0.0363. The van der Waals surface area contributed by atoms with Crippen LogP contribution in [0.1, 0.15) is 42.4 Å². The largest absolute Gasteiger partial charge is 0.335 e. The predicted octanol–water partition coefficient (Wildman–Crippen LogP) is 1.67. The molecule has 24 heavy (non-hydrogen) atoms. The Balaban J connectivity index is 1.66. The van der Waals surface area contributed by atoms with Crippen molar-refractivity contribution >= 4 is 5.91 Å². The molecule has 1 aromatic heterocycles. The minimum Gasteiger partial charge on any atom is -0.335 e. The molecular weight excluding hydrogens is 302 g/mol. The van der Waals surface area contributed by atoms with E-state index in [-0.39, 0.29) is 11.3 Å². The van der Waals surface area contributed by atoms with Crippen LogP contribution in [-0.4, -0.2) is 52.0 Å². The molecule has 0 aliphatic carbocycles. The molecule has 2 heterocycles. The van der Waals surface area contributed by atoms with E-state index in [0.717, 1.165) is 31.7 Å². The van der Waals surface area contributed by atoms with E-state index in [4.69, 9.17) is 0 Å². The number of nitrogens with one attached hydrogen (secondary N) is 1. The van der Waals surface area contributed by atoms with E-state index >= 15 is 0 Å². The second-order valence-corrected chi connectivity index (χ2v) is 7.29. The molecule has 128 valence electrons. The van der Waals surface area contributed by atoms with Crippen molar-refractivity contribution in [3.8, 4) is 0 Å². The number of benzene rings is 1. The standard InChI is InChI=1S/C18H25N5O/c1-18(2,3)15-6-4-14(5-7-15)12-23-13-16(20-21-23)17(24)22-10-8-19-9-11-22/h4-7,13,19H,8-12H2,1-3H3. The number of aromatic nitrogens is 3. The molecule has 0 saturated carbocycles. The van der Waals surface area contributed by atoms with Crippen molar-refractivity contribution in [3.63, 3.8) is 0 Å². The molecule has 3 rings (SSSR count). The van der Waals surface area contributed by atoms with Crippen molar-refractivity contribution in [2.24, 2.45) is 0 Å². The van der Waals surface area contributed by atoms with Gasteiger partial charge in [0.05, 0.1) is 12.7 Å². The first-order valence-electron chi connectivity index (χ1n) is 8.43. The summed E-state index contributed by atoms with van der Waals surface area (Å²) in [5.74, 6) is -0.0363. The van der Waals surface area contributed by atoms with E-state index in [9.17, 15) is 4.79 Å². The highest BCUT2D eigenvalue weighted by Crippen LogP contribution is 2.22. The van der Waals surface area contributed by atoms with Crippen LogP contribution in [0.25, 0.3) is 0 Å². The van der Waals surface area contributed by atoms with Gasteiger partial charge in [0, 0.05) is 26.2 Å². The van der Waals surface area contributed by atoms with Crippen molar-refractivity contribution in [1.29, 1.82) is 0 Å². The Morgan fingerprint density at radius 2 is 1.83 bits per heavy atom.